The molecule has 0 aliphatic rings. The van der Waals surface area contributed by atoms with Gasteiger partial charge in [0.2, 0.25) is 0 Å². The number of hydrogen-bond acceptors (Lipinski definition) is 2. The highest BCUT2D eigenvalue weighted by Gasteiger charge is 2.22. The Hall–Kier alpha value is -0.390. The van der Waals surface area contributed by atoms with Crippen LogP contribution in [0.1, 0.15) is 31.9 Å². The Balaban J connectivity index is 0.00000256. The summed E-state index contributed by atoms with van der Waals surface area (Å²) in [5.41, 5.74) is 5.58. The maximum absolute atomic E-state index is 13.5. The third-order valence-corrected chi connectivity index (χ3v) is 2.88. The molecule has 0 saturated heterocycles. The van der Waals surface area contributed by atoms with Crippen LogP contribution in [0.3, 0.4) is 0 Å². The van der Waals surface area contributed by atoms with Crippen LogP contribution in [0, 0.1) is 17.6 Å². The molecule has 0 saturated carbocycles. The molecule has 0 aromatic heterocycles. The SMILES string of the molecule is CC(C)C[C@H](N)c1c(O)c(Br)cc(F)c1F.Cl. The third-order valence-electron chi connectivity index (χ3n) is 2.28. The van der Waals surface area contributed by atoms with Gasteiger partial charge in [-0.1, -0.05) is 13.8 Å². The lowest BCUT2D eigenvalue weighted by molar-refractivity contribution is 0.411. The molecule has 0 heterocycles. The van der Waals surface area contributed by atoms with Gasteiger partial charge in [-0.25, -0.2) is 8.78 Å². The van der Waals surface area contributed by atoms with Gasteiger partial charge in [0.25, 0.3) is 0 Å². The van der Waals surface area contributed by atoms with Gasteiger partial charge in [-0.3, -0.25) is 0 Å². The Morgan fingerprint density at radius 1 is 1.41 bits per heavy atom. The molecule has 0 fully saturated rings. The summed E-state index contributed by atoms with van der Waals surface area (Å²) in [5, 5.41) is 9.65. The van der Waals surface area contributed by atoms with Crippen molar-refractivity contribution in [3.63, 3.8) is 0 Å². The molecule has 0 aliphatic carbocycles. The van der Waals surface area contributed by atoms with Crippen molar-refractivity contribution in [2.24, 2.45) is 11.7 Å². The first-order valence-electron chi connectivity index (χ1n) is 4.96. The molecule has 0 aliphatic heterocycles. The van der Waals surface area contributed by atoms with E-state index in [0.29, 0.717) is 6.42 Å². The van der Waals surface area contributed by atoms with Gasteiger partial charge in [-0.2, -0.15) is 0 Å². The first-order valence-corrected chi connectivity index (χ1v) is 5.75. The number of aromatic hydroxyl groups is 1. The van der Waals surface area contributed by atoms with Crippen LogP contribution in [0.5, 0.6) is 5.75 Å². The summed E-state index contributed by atoms with van der Waals surface area (Å²) in [7, 11) is 0. The van der Waals surface area contributed by atoms with Crippen LogP contribution in [0.15, 0.2) is 10.5 Å². The standard InChI is InChI=1S/C11H14BrF2NO.ClH/c1-5(2)3-8(15)9-10(14)7(13)4-6(12)11(9)16;/h4-5,8,16H,3,15H2,1-2H3;1H/t8-;/m0./s1. The number of benzene rings is 1. The maximum Gasteiger partial charge on any atom is 0.167 e. The van der Waals surface area contributed by atoms with E-state index in [9.17, 15) is 13.9 Å². The number of phenols is 1. The minimum absolute atomic E-state index is 0. The molecule has 0 unspecified atom stereocenters. The van der Waals surface area contributed by atoms with E-state index in [-0.39, 0.29) is 34.1 Å². The zero-order valence-electron chi connectivity index (χ0n) is 9.51. The van der Waals surface area contributed by atoms with Crippen LogP contribution in [-0.2, 0) is 0 Å². The number of halogens is 4. The zero-order chi connectivity index (χ0) is 12.5. The van der Waals surface area contributed by atoms with Crippen LogP contribution in [0.2, 0.25) is 0 Å². The van der Waals surface area contributed by atoms with Crippen molar-refractivity contribution in [1.29, 1.82) is 0 Å². The summed E-state index contributed by atoms with van der Waals surface area (Å²) in [6.07, 6.45) is 0.473. The summed E-state index contributed by atoms with van der Waals surface area (Å²) in [6, 6.07) is 0.169. The molecule has 2 nitrogen and oxygen atoms in total. The van der Waals surface area contributed by atoms with Gasteiger partial charge in [0.1, 0.15) is 5.75 Å². The van der Waals surface area contributed by atoms with Gasteiger partial charge in [-0.05, 0) is 34.3 Å². The van der Waals surface area contributed by atoms with E-state index >= 15 is 0 Å². The number of hydrogen-bond donors (Lipinski definition) is 2. The average molecular weight is 331 g/mol. The summed E-state index contributed by atoms with van der Waals surface area (Å²) >= 11 is 2.95. The van der Waals surface area contributed by atoms with Crippen molar-refractivity contribution in [3.05, 3.63) is 27.7 Å². The number of rotatable bonds is 3. The van der Waals surface area contributed by atoms with Gasteiger partial charge >= 0.3 is 0 Å². The van der Waals surface area contributed by atoms with Gasteiger partial charge < -0.3 is 10.8 Å². The molecule has 0 bridgehead atoms. The molecule has 1 aromatic carbocycles. The van der Waals surface area contributed by atoms with Crippen LogP contribution in [0.4, 0.5) is 8.78 Å². The maximum atomic E-state index is 13.5. The topological polar surface area (TPSA) is 46.2 Å². The lowest BCUT2D eigenvalue weighted by Gasteiger charge is -2.17. The van der Waals surface area contributed by atoms with Crippen molar-refractivity contribution >= 4 is 28.3 Å². The Morgan fingerprint density at radius 2 is 1.94 bits per heavy atom. The minimum Gasteiger partial charge on any atom is -0.506 e. The fourth-order valence-corrected chi connectivity index (χ4v) is 1.98. The summed E-state index contributed by atoms with van der Waals surface area (Å²) in [4.78, 5) is 0. The van der Waals surface area contributed by atoms with Crippen molar-refractivity contribution in [2.45, 2.75) is 26.3 Å². The smallest absolute Gasteiger partial charge is 0.167 e. The van der Waals surface area contributed by atoms with Crippen molar-refractivity contribution < 1.29 is 13.9 Å². The lowest BCUT2D eigenvalue weighted by atomic mass is 9.96. The second kappa shape index (κ2) is 6.52. The van der Waals surface area contributed by atoms with Crippen LogP contribution in [0.25, 0.3) is 0 Å². The highest BCUT2D eigenvalue weighted by atomic mass is 79.9. The fraction of sp³-hybridized carbons (Fsp3) is 0.455. The van der Waals surface area contributed by atoms with Crippen LogP contribution < -0.4 is 5.73 Å². The van der Waals surface area contributed by atoms with E-state index in [2.05, 4.69) is 15.9 Å². The van der Waals surface area contributed by atoms with E-state index in [0.717, 1.165) is 6.07 Å². The second-order valence-electron chi connectivity index (χ2n) is 4.15. The first-order chi connectivity index (χ1) is 7.34. The predicted molar refractivity (Wildman–Crippen MR) is 69.4 cm³/mol. The van der Waals surface area contributed by atoms with Crippen molar-refractivity contribution in [1.82, 2.24) is 0 Å². The van der Waals surface area contributed by atoms with Gasteiger partial charge in [0, 0.05) is 6.04 Å². The fourth-order valence-electron chi connectivity index (χ4n) is 1.57. The second-order valence-corrected chi connectivity index (χ2v) is 5.01. The van der Waals surface area contributed by atoms with Crippen molar-refractivity contribution in [3.8, 4) is 5.75 Å². The molecule has 0 amide bonds. The molecule has 1 rings (SSSR count). The summed E-state index contributed by atoms with van der Waals surface area (Å²) < 4.78 is 26.8. The normalized spacial score (nSPS) is 12.4. The number of nitrogens with two attached hydrogens (primary N) is 1. The van der Waals surface area contributed by atoms with E-state index in [1.807, 2.05) is 13.8 Å². The molecule has 3 N–H and O–H groups in total. The molecular formula is C11H15BrClF2NO. The third kappa shape index (κ3) is 3.79. The molecule has 1 aromatic rings. The Kier molecular flexibility index (Phi) is 6.37. The highest BCUT2D eigenvalue weighted by molar-refractivity contribution is 9.10. The van der Waals surface area contributed by atoms with Crippen LogP contribution >= 0.6 is 28.3 Å². The van der Waals surface area contributed by atoms with Crippen molar-refractivity contribution in [2.75, 3.05) is 0 Å². The molecule has 17 heavy (non-hydrogen) atoms. The lowest BCUT2D eigenvalue weighted by Crippen LogP contribution is -2.15. The molecular weight excluding hydrogens is 315 g/mol. The van der Waals surface area contributed by atoms with Crippen LogP contribution in [-0.4, -0.2) is 5.11 Å². The van der Waals surface area contributed by atoms with E-state index in [1.165, 1.54) is 0 Å². The molecule has 6 heteroatoms. The number of phenolic OH excluding ortho intramolecular Hbond substituents is 1. The Bertz CT molecular complexity index is 375. The molecule has 0 spiro atoms. The Labute approximate surface area is 114 Å². The Morgan fingerprint density at radius 3 is 2.41 bits per heavy atom. The quantitative estimate of drug-likeness (QED) is 0.826. The summed E-state index contributed by atoms with van der Waals surface area (Å²) in [5.74, 6) is -2.18. The first kappa shape index (κ1) is 16.6. The predicted octanol–water partition coefficient (Wildman–Crippen LogP) is 3.90. The highest BCUT2D eigenvalue weighted by Crippen LogP contribution is 2.36. The van der Waals surface area contributed by atoms with Gasteiger partial charge in [0.05, 0.1) is 10.0 Å². The largest absolute Gasteiger partial charge is 0.506 e. The summed E-state index contributed by atoms with van der Waals surface area (Å²) in [6.45, 7) is 3.84. The van der Waals surface area contributed by atoms with E-state index in [4.69, 9.17) is 5.73 Å². The average Bonchev–Trinajstić information content (AvgIpc) is 2.14. The zero-order valence-corrected chi connectivity index (χ0v) is 11.9. The molecule has 98 valence electrons. The van der Waals surface area contributed by atoms with E-state index < -0.39 is 17.7 Å². The molecule has 1 atom stereocenters. The van der Waals surface area contributed by atoms with Gasteiger partial charge in [-0.15, -0.1) is 12.4 Å². The van der Waals surface area contributed by atoms with Gasteiger partial charge in [0.15, 0.2) is 11.6 Å². The monoisotopic (exact) mass is 329 g/mol. The molecule has 0 radical (unpaired) electrons. The minimum atomic E-state index is -1.08. The van der Waals surface area contributed by atoms with E-state index in [1.54, 1.807) is 0 Å².